The summed E-state index contributed by atoms with van der Waals surface area (Å²) in [6, 6.07) is 1.89. The van der Waals surface area contributed by atoms with Crippen LogP contribution in [-0.2, 0) is 11.2 Å². The van der Waals surface area contributed by atoms with E-state index in [0.29, 0.717) is 12.8 Å². The van der Waals surface area contributed by atoms with E-state index in [4.69, 9.17) is 14.6 Å². The molecule has 4 N–H and O–H groups in total. The predicted octanol–water partition coefficient (Wildman–Crippen LogP) is 0.736. The maximum absolute atomic E-state index is 11.6. The van der Waals surface area contributed by atoms with Crippen LogP contribution in [0, 0.1) is 0 Å². The Bertz CT molecular complexity index is 418. The lowest BCUT2D eigenvalue weighted by atomic mass is 10.1. The number of carbonyl (C=O) groups is 2. The molecule has 2 amide bonds. The molecular weight excluding hydrogens is 264 g/mol. The number of carboxylic acid groups (broad SMARTS) is 1. The van der Waals surface area contributed by atoms with Crippen LogP contribution in [0.1, 0.15) is 25.5 Å². The van der Waals surface area contributed by atoms with E-state index in [1.165, 1.54) is 0 Å². The van der Waals surface area contributed by atoms with Crippen LogP contribution >= 0.6 is 0 Å². The van der Waals surface area contributed by atoms with Crippen LogP contribution in [0.25, 0.3) is 0 Å². The number of aryl methyl sites for hydroxylation is 1. The van der Waals surface area contributed by atoms with E-state index < -0.39 is 18.0 Å². The number of amides is 2. The minimum absolute atomic E-state index is 0.0243. The molecule has 1 heterocycles. The van der Waals surface area contributed by atoms with E-state index in [0.717, 1.165) is 5.76 Å². The summed E-state index contributed by atoms with van der Waals surface area (Å²) in [5.41, 5.74) is 0. The SMILES string of the molecule is CC(CCc1ccco1)NC(=O)NC(CCO)C(=O)O. The molecule has 7 heteroatoms. The smallest absolute Gasteiger partial charge is 0.326 e. The second-order valence-electron chi connectivity index (χ2n) is 4.54. The summed E-state index contributed by atoms with van der Waals surface area (Å²) in [5.74, 6) is -0.333. The number of aliphatic carboxylic acids is 1. The normalized spacial score (nSPS) is 13.5. The molecule has 1 aromatic heterocycles. The van der Waals surface area contributed by atoms with Crippen molar-refractivity contribution in [2.24, 2.45) is 0 Å². The minimum Gasteiger partial charge on any atom is -0.480 e. The van der Waals surface area contributed by atoms with Gasteiger partial charge in [-0.05, 0) is 25.5 Å². The largest absolute Gasteiger partial charge is 0.480 e. The number of aliphatic hydroxyl groups is 1. The van der Waals surface area contributed by atoms with Gasteiger partial charge in [-0.15, -0.1) is 0 Å². The number of nitrogens with one attached hydrogen (secondary N) is 2. The minimum atomic E-state index is -1.17. The number of hydrogen-bond acceptors (Lipinski definition) is 4. The Balaban J connectivity index is 2.31. The highest BCUT2D eigenvalue weighted by molar-refractivity contribution is 5.82. The molecule has 0 aliphatic rings. The van der Waals surface area contributed by atoms with Crippen molar-refractivity contribution in [2.75, 3.05) is 6.61 Å². The third-order valence-corrected chi connectivity index (χ3v) is 2.80. The lowest BCUT2D eigenvalue weighted by molar-refractivity contribution is -0.139. The van der Waals surface area contributed by atoms with Crippen molar-refractivity contribution in [1.82, 2.24) is 10.6 Å². The fraction of sp³-hybridized carbons (Fsp3) is 0.538. The molecule has 0 fully saturated rings. The highest BCUT2D eigenvalue weighted by Crippen LogP contribution is 2.05. The molecule has 0 aliphatic carbocycles. The van der Waals surface area contributed by atoms with Gasteiger partial charge >= 0.3 is 12.0 Å². The maximum Gasteiger partial charge on any atom is 0.326 e. The van der Waals surface area contributed by atoms with Crippen LogP contribution in [0.2, 0.25) is 0 Å². The fourth-order valence-corrected chi connectivity index (χ4v) is 1.70. The molecule has 0 saturated carbocycles. The summed E-state index contributed by atoms with van der Waals surface area (Å²) in [5, 5.41) is 22.5. The van der Waals surface area contributed by atoms with Gasteiger partial charge in [-0.3, -0.25) is 0 Å². The van der Waals surface area contributed by atoms with Crippen LogP contribution in [0.4, 0.5) is 4.79 Å². The van der Waals surface area contributed by atoms with Gasteiger partial charge < -0.3 is 25.3 Å². The van der Waals surface area contributed by atoms with Crippen LogP contribution in [0.5, 0.6) is 0 Å². The van der Waals surface area contributed by atoms with E-state index in [9.17, 15) is 9.59 Å². The molecule has 1 aromatic rings. The monoisotopic (exact) mass is 284 g/mol. The molecule has 112 valence electrons. The summed E-state index contributed by atoms with van der Waals surface area (Å²) in [6.45, 7) is 1.52. The molecule has 1 rings (SSSR count). The summed E-state index contributed by atoms with van der Waals surface area (Å²) in [6.07, 6.45) is 2.93. The first-order valence-corrected chi connectivity index (χ1v) is 6.46. The van der Waals surface area contributed by atoms with Crippen molar-refractivity contribution in [3.63, 3.8) is 0 Å². The quantitative estimate of drug-likeness (QED) is 0.562. The van der Waals surface area contributed by atoms with Gasteiger partial charge in [0.25, 0.3) is 0 Å². The second kappa shape index (κ2) is 8.21. The number of hydrogen-bond donors (Lipinski definition) is 4. The van der Waals surface area contributed by atoms with E-state index >= 15 is 0 Å². The number of carboxylic acids is 1. The summed E-state index contributed by atoms with van der Waals surface area (Å²) >= 11 is 0. The topological polar surface area (TPSA) is 112 Å². The lowest BCUT2D eigenvalue weighted by Gasteiger charge is -2.17. The fourth-order valence-electron chi connectivity index (χ4n) is 1.70. The number of aliphatic hydroxyl groups excluding tert-OH is 1. The van der Waals surface area contributed by atoms with Crippen LogP contribution in [0.3, 0.4) is 0 Å². The lowest BCUT2D eigenvalue weighted by Crippen LogP contribution is -2.48. The summed E-state index contributed by atoms with van der Waals surface area (Å²) in [7, 11) is 0. The Morgan fingerprint density at radius 1 is 1.35 bits per heavy atom. The first-order valence-electron chi connectivity index (χ1n) is 6.46. The van der Waals surface area contributed by atoms with Gasteiger partial charge in [-0.1, -0.05) is 0 Å². The standard InChI is InChI=1S/C13H20N2O5/c1-9(4-5-10-3-2-8-20-10)14-13(19)15-11(6-7-16)12(17)18/h2-3,8-9,11,16H,4-7H2,1H3,(H,17,18)(H2,14,15,19). The molecular formula is C13H20N2O5. The zero-order valence-corrected chi connectivity index (χ0v) is 11.3. The van der Waals surface area contributed by atoms with Crippen molar-refractivity contribution in [1.29, 1.82) is 0 Å². The molecule has 0 spiro atoms. The Hall–Kier alpha value is -2.02. The first-order chi connectivity index (χ1) is 9.52. The van der Waals surface area contributed by atoms with E-state index in [1.54, 1.807) is 12.3 Å². The highest BCUT2D eigenvalue weighted by Gasteiger charge is 2.19. The third kappa shape index (κ3) is 5.75. The number of rotatable bonds is 8. The Labute approximate surface area is 117 Å². The van der Waals surface area contributed by atoms with E-state index in [-0.39, 0.29) is 19.1 Å². The second-order valence-corrected chi connectivity index (χ2v) is 4.54. The molecule has 7 nitrogen and oxygen atoms in total. The third-order valence-electron chi connectivity index (χ3n) is 2.80. The Kier molecular flexibility index (Phi) is 6.58. The Morgan fingerprint density at radius 2 is 2.10 bits per heavy atom. The molecule has 0 aromatic carbocycles. The average molecular weight is 284 g/mol. The maximum atomic E-state index is 11.6. The highest BCUT2D eigenvalue weighted by atomic mass is 16.4. The van der Waals surface area contributed by atoms with Crippen molar-refractivity contribution in [3.8, 4) is 0 Å². The molecule has 0 radical (unpaired) electrons. The first kappa shape index (κ1) is 16.0. The molecule has 0 bridgehead atoms. The van der Waals surface area contributed by atoms with Crippen LogP contribution in [-0.4, -0.2) is 40.9 Å². The van der Waals surface area contributed by atoms with E-state index in [2.05, 4.69) is 10.6 Å². The van der Waals surface area contributed by atoms with Crippen LogP contribution < -0.4 is 10.6 Å². The van der Waals surface area contributed by atoms with Crippen molar-refractivity contribution in [3.05, 3.63) is 24.2 Å². The van der Waals surface area contributed by atoms with Crippen molar-refractivity contribution in [2.45, 2.75) is 38.3 Å². The molecule has 0 aliphatic heterocycles. The number of urea groups is 1. The molecule has 0 saturated heterocycles. The van der Waals surface area contributed by atoms with Gasteiger partial charge in [0, 0.05) is 25.5 Å². The van der Waals surface area contributed by atoms with Crippen LogP contribution in [0.15, 0.2) is 22.8 Å². The van der Waals surface area contributed by atoms with Crippen molar-refractivity contribution >= 4 is 12.0 Å². The van der Waals surface area contributed by atoms with Gasteiger partial charge in [0.2, 0.25) is 0 Å². The zero-order valence-electron chi connectivity index (χ0n) is 11.3. The van der Waals surface area contributed by atoms with Gasteiger partial charge in [-0.2, -0.15) is 0 Å². The van der Waals surface area contributed by atoms with Gasteiger partial charge in [0.15, 0.2) is 0 Å². The average Bonchev–Trinajstić information content (AvgIpc) is 2.88. The molecule has 2 unspecified atom stereocenters. The zero-order chi connectivity index (χ0) is 15.0. The van der Waals surface area contributed by atoms with Gasteiger partial charge in [0.05, 0.1) is 6.26 Å². The van der Waals surface area contributed by atoms with Gasteiger partial charge in [-0.25, -0.2) is 9.59 Å². The predicted molar refractivity (Wildman–Crippen MR) is 71.3 cm³/mol. The number of carbonyl (C=O) groups excluding carboxylic acids is 1. The summed E-state index contributed by atoms with van der Waals surface area (Å²) < 4.78 is 5.18. The number of furan rings is 1. The molecule has 2 atom stereocenters. The van der Waals surface area contributed by atoms with E-state index in [1.807, 2.05) is 13.0 Å². The molecule has 20 heavy (non-hydrogen) atoms. The Morgan fingerprint density at radius 3 is 2.65 bits per heavy atom. The van der Waals surface area contributed by atoms with Gasteiger partial charge in [0.1, 0.15) is 11.8 Å². The van der Waals surface area contributed by atoms with Crippen molar-refractivity contribution < 1.29 is 24.2 Å². The summed E-state index contributed by atoms with van der Waals surface area (Å²) in [4.78, 5) is 22.4.